The number of halogens is 4. The van der Waals surface area contributed by atoms with Gasteiger partial charge >= 0.3 is 18.4 Å². The number of nitrogens with one attached hydrogen (secondary N) is 1. The number of carbonyl (C=O) groups excluding carboxylic acids is 2. The van der Waals surface area contributed by atoms with Crippen LogP contribution in [0.15, 0.2) is 60.9 Å². The Bertz CT molecular complexity index is 1700. The van der Waals surface area contributed by atoms with Crippen LogP contribution in [-0.4, -0.2) is 45.9 Å². The number of ether oxygens (including phenoxy) is 2. The quantitative estimate of drug-likeness (QED) is 0.157. The van der Waals surface area contributed by atoms with Gasteiger partial charge in [0.2, 0.25) is 5.95 Å². The number of nitrogens with zero attached hydrogens (tertiary/aromatic N) is 3. The standard InChI is InChI=1S/C33H36F4N4O4S/c1-19(20-10-12-24(13-11-20)33(35,36)37)25(40-29(42)44-31(2,3)4)18-41(30(43)45-32(5,6)7)28-39-17-26(46-28)21-8-9-22-16-38-27(34)15-23(22)14-21/h8-17,19,25H,18H2,1-7H3,(H,40,42). The molecule has 0 aliphatic carbocycles. The maximum absolute atomic E-state index is 13.8. The molecule has 0 bridgehead atoms. The molecule has 0 aliphatic rings. The highest BCUT2D eigenvalue weighted by Gasteiger charge is 2.34. The fourth-order valence-corrected chi connectivity index (χ4v) is 5.44. The summed E-state index contributed by atoms with van der Waals surface area (Å²) in [6.07, 6.45) is -3.01. The number of benzene rings is 2. The van der Waals surface area contributed by atoms with E-state index in [1.54, 1.807) is 66.8 Å². The molecule has 0 saturated heterocycles. The molecule has 8 nitrogen and oxygen atoms in total. The molecule has 0 fully saturated rings. The number of aromatic nitrogens is 2. The summed E-state index contributed by atoms with van der Waals surface area (Å²) in [4.78, 5) is 36.7. The van der Waals surface area contributed by atoms with E-state index in [0.29, 0.717) is 15.8 Å². The number of hydrogen-bond acceptors (Lipinski definition) is 7. The van der Waals surface area contributed by atoms with Gasteiger partial charge in [0.05, 0.1) is 23.0 Å². The minimum atomic E-state index is -4.51. The summed E-state index contributed by atoms with van der Waals surface area (Å²) in [5, 5.41) is 4.44. The number of alkyl carbamates (subject to hydrolysis) is 1. The van der Waals surface area contributed by atoms with Crippen LogP contribution in [0.2, 0.25) is 0 Å². The molecule has 2 aromatic heterocycles. The third kappa shape index (κ3) is 9.15. The Morgan fingerprint density at radius 3 is 2.15 bits per heavy atom. The zero-order valence-electron chi connectivity index (χ0n) is 26.5. The highest BCUT2D eigenvalue weighted by Crippen LogP contribution is 2.35. The highest BCUT2D eigenvalue weighted by molar-refractivity contribution is 7.19. The molecule has 2 unspecified atom stereocenters. The Kier molecular flexibility index (Phi) is 9.95. The molecule has 46 heavy (non-hydrogen) atoms. The second-order valence-electron chi connectivity index (χ2n) is 12.8. The van der Waals surface area contributed by atoms with Crippen LogP contribution in [0.4, 0.5) is 32.3 Å². The van der Waals surface area contributed by atoms with Crippen molar-refractivity contribution in [1.29, 1.82) is 0 Å². The second-order valence-corrected chi connectivity index (χ2v) is 13.8. The van der Waals surface area contributed by atoms with Crippen molar-refractivity contribution in [3.05, 3.63) is 78.0 Å². The van der Waals surface area contributed by atoms with Gasteiger partial charge in [-0.1, -0.05) is 42.5 Å². The topological polar surface area (TPSA) is 93.7 Å². The van der Waals surface area contributed by atoms with Crippen molar-refractivity contribution >= 4 is 39.4 Å². The van der Waals surface area contributed by atoms with Crippen molar-refractivity contribution in [2.75, 3.05) is 11.4 Å². The summed E-state index contributed by atoms with van der Waals surface area (Å²) in [7, 11) is 0. The average Bonchev–Trinajstić information content (AvgIpc) is 3.42. The number of anilines is 1. The summed E-state index contributed by atoms with van der Waals surface area (Å²) in [5.74, 6) is -1.19. The lowest BCUT2D eigenvalue weighted by Crippen LogP contribution is -2.50. The van der Waals surface area contributed by atoms with Gasteiger partial charge in [-0.05, 0) is 76.3 Å². The molecule has 2 aromatic carbocycles. The lowest BCUT2D eigenvalue weighted by Gasteiger charge is -2.32. The van der Waals surface area contributed by atoms with E-state index in [9.17, 15) is 27.2 Å². The Morgan fingerprint density at radius 2 is 1.54 bits per heavy atom. The molecular weight excluding hydrogens is 624 g/mol. The maximum Gasteiger partial charge on any atom is 0.416 e. The first kappa shape index (κ1) is 34.6. The van der Waals surface area contributed by atoms with Gasteiger partial charge in [-0.2, -0.15) is 17.6 Å². The minimum absolute atomic E-state index is 0.155. The molecule has 2 heterocycles. The number of hydrogen-bond donors (Lipinski definition) is 1. The first-order valence-corrected chi connectivity index (χ1v) is 15.3. The fourth-order valence-electron chi connectivity index (χ4n) is 4.53. The van der Waals surface area contributed by atoms with Gasteiger partial charge in [0, 0.05) is 29.8 Å². The molecule has 0 saturated carbocycles. The summed E-state index contributed by atoms with van der Waals surface area (Å²) in [6, 6.07) is 10.5. The predicted molar refractivity (Wildman–Crippen MR) is 169 cm³/mol. The molecule has 4 rings (SSSR count). The van der Waals surface area contributed by atoms with E-state index in [1.807, 2.05) is 6.07 Å². The lowest BCUT2D eigenvalue weighted by molar-refractivity contribution is -0.137. The Balaban J connectivity index is 1.72. The third-order valence-electron chi connectivity index (χ3n) is 6.76. The van der Waals surface area contributed by atoms with Gasteiger partial charge in [-0.25, -0.2) is 19.6 Å². The number of alkyl halides is 3. The van der Waals surface area contributed by atoms with E-state index in [-0.39, 0.29) is 11.7 Å². The molecule has 2 atom stereocenters. The van der Waals surface area contributed by atoms with Crippen LogP contribution in [-0.2, 0) is 15.7 Å². The fraction of sp³-hybridized carbons (Fsp3) is 0.394. The third-order valence-corrected chi connectivity index (χ3v) is 7.83. The van der Waals surface area contributed by atoms with Crippen LogP contribution in [0.5, 0.6) is 0 Å². The molecule has 0 aliphatic heterocycles. The molecule has 1 N–H and O–H groups in total. The zero-order valence-corrected chi connectivity index (χ0v) is 27.3. The van der Waals surface area contributed by atoms with Gasteiger partial charge < -0.3 is 14.8 Å². The van der Waals surface area contributed by atoms with E-state index in [0.717, 1.165) is 23.1 Å². The largest absolute Gasteiger partial charge is 0.444 e. The molecule has 13 heteroatoms. The minimum Gasteiger partial charge on any atom is -0.444 e. The maximum atomic E-state index is 13.8. The SMILES string of the molecule is CC(c1ccc(C(F)(F)F)cc1)C(CN(C(=O)OC(C)(C)C)c1ncc(-c2ccc3cnc(F)cc3c2)s1)NC(=O)OC(C)(C)C. The van der Waals surface area contributed by atoms with Crippen LogP contribution in [0.25, 0.3) is 21.2 Å². The Labute approximate surface area is 268 Å². The summed E-state index contributed by atoms with van der Waals surface area (Å²) in [6.45, 7) is 11.8. The zero-order chi connectivity index (χ0) is 34.0. The Morgan fingerprint density at radius 1 is 0.891 bits per heavy atom. The van der Waals surface area contributed by atoms with Crippen molar-refractivity contribution in [3.63, 3.8) is 0 Å². The number of fused-ring (bicyclic) bond motifs is 1. The second kappa shape index (κ2) is 13.2. The van der Waals surface area contributed by atoms with Crippen molar-refractivity contribution in [3.8, 4) is 10.4 Å². The first-order valence-electron chi connectivity index (χ1n) is 14.5. The van der Waals surface area contributed by atoms with Gasteiger partial charge in [-0.15, -0.1) is 0 Å². The molecule has 4 aromatic rings. The van der Waals surface area contributed by atoms with Crippen LogP contribution < -0.4 is 10.2 Å². The highest BCUT2D eigenvalue weighted by atomic mass is 32.1. The normalized spacial score (nSPS) is 13.6. The van der Waals surface area contributed by atoms with Crippen LogP contribution in [0.3, 0.4) is 0 Å². The van der Waals surface area contributed by atoms with Crippen LogP contribution in [0.1, 0.15) is 65.5 Å². The molecular formula is C33H36F4N4O4S. The van der Waals surface area contributed by atoms with Crippen LogP contribution >= 0.6 is 11.3 Å². The number of thiazole rings is 1. The number of rotatable bonds is 7. The summed E-state index contributed by atoms with van der Waals surface area (Å²) >= 11 is 1.18. The monoisotopic (exact) mass is 660 g/mol. The van der Waals surface area contributed by atoms with E-state index in [2.05, 4.69) is 15.3 Å². The van der Waals surface area contributed by atoms with Crippen molar-refractivity contribution in [2.24, 2.45) is 0 Å². The van der Waals surface area contributed by atoms with Crippen molar-refractivity contribution in [2.45, 2.75) is 77.8 Å². The first-order chi connectivity index (χ1) is 21.3. The van der Waals surface area contributed by atoms with E-state index < -0.39 is 53.0 Å². The number of carbonyl (C=O) groups is 2. The van der Waals surface area contributed by atoms with Gasteiger partial charge in [0.25, 0.3) is 0 Å². The van der Waals surface area contributed by atoms with Gasteiger partial charge in [-0.3, -0.25) is 4.90 Å². The predicted octanol–water partition coefficient (Wildman–Crippen LogP) is 8.95. The molecule has 0 radical (unpaired) electrons. The summed E-state index contributed by atoms with van der Waals surface area (Å²) in [5.41, 5.74) is -1.29. The van der Waals surface area contributed by atoms with Crippen molar-refractivity contribution < 1.29 is 36.6 Å². The van der Waals surface area contributed by atoms with Crippen LogP contribution in [0, 0.1) is 5.95 Å². The van der Waals surface area contributed by atoms with Gasteiger partial charge in [0.1, 0.15) is 11.2 Å². The van der Waals surface area contributed by atoms with Crippen molar-refractivity contribution in [1.82, 2.24) is 15.3 Å². The summed E-state index contributed by atoms with van der Waals surface area (Å²) < 4.78 is 64.7. The smallest absolute Gasteiger partial charge is 0.416 e. The average molecular weight is 661 g/mol. The molecule has 246 valence electrons. The van der Waals surface area contributed by atoms with Gasteiger partial charge in [0.15, 0.2) is 5.13 Å². The number of pyridine rings is 1. The number of amides is 2. The lowest BCUT2D eigenvalue weighted by atomic mass is 9.92. The van der Waals surface area contributed by atoms with E-state index >= 15 is 0 Å². The van der Waals surface area contributed by atoms with E-state index in [4.69, 9.17) is 9.47 Å². The molecule has 0 spiro atoms. The molecule has 2 amide bonds. The Hall–Kier alpha value is -4.26. The van der Waals surface area contributed by atoms with E-state index in [1.165, 1.54) is 40.6 Å².